The van der Waals surface area contributed by atoms with Gasteiger partial charge in [-0.05, 0) is 54.8 Å². The minimum absolute atomic E-state index is 0.0125. The van der Waals surface area contributed by atoms with Crippen molar-refractivity contribution < 1.29 is 19.1 Å². The smallest absolute Gasteiger partial charge is 0.231 e. The zero-order valence-electron chi connectivity index (χ0n) is 15.5. The lowest BCUT2D eigenvalue weighted by Crippen LogP contribution is -2.32. The molecule has 2 amide bonds. The highest BCUT2D eigenvalue weighted by atomic mass is 16.7. The largest absolute Gasteiger partial charge is 0.454 e. The van der Waals surface area contributed by atoms with Gasteiger partial charge < -0.3 is 19.7 Å². The molecule has 140 valence electrons. The van der Waals surface area contributed by atoms with E-state index in [1.54, 1.807) is 4.90 Å². The van der Waals surface area contributed by atoms with Gasteiger partial charge in [-0.2, -0.15) is 0 Å². The van der Waals surface area contributed by atoms with Crippen molar-refractivity contribution in [2.24, 2.45) is 5.92 Å². The maximum absolute atomic E-state index is 12.5. The lowest BCUT2D eigenvalue weighted by Gasteiger charge is -2.18. The van der Waals surface area contributed by atoms with E-state index in [9.17, 15) is 9.59 Å². The van der Waals surface area contributed by atoms with E-state index in [2.05, 4.69) is 5.32 Å². The van der Waals surface area contributed by atoms with Gasteiger partial charge in [0.2, 0.25) is 18.6 Å². The van der Waals surface area contributed by atoms with Crippen LogP contribution in [0.4, 0.5) is 5.69 Å². The first-order chi connectivity index (χ1) is 13.0. The van der Waals surface area contributed by atoms with Gasteiger partial charge in [-0.15, -0.1) is 0 Å². The van der Waals surface area contributed by atoms with Crippen LogP contribution < -0.4 is 19.7 Å². The second kappa shape index (κ2) is 6.95. The molecule has 1 saturated heterocycles. The first-order valence-electron chi connectivity index (χ1n) is 9.05. The number of ether oxygens (including phenoxy) is 2. The Kier molecular flexibility index (Phi) is 4.48. The van der Waals surface area contributed by atoms with E-state index in [4.69, 9.17) is 9.47 Å². The molecule has 1 N–H and O–H groups in total. The van der Waals surface area contributed by atoms with Crippen molar-refractivity contribution in [3.63, 3.8) is 0 Å². The molecule has 27 heavy (non-hydrogen) atoms. The number of rotatable bonds is 4. The third-order valence-electron chi connectivity index (χ3n) is 5.20. The standard InChI is InChI=1S/C21H22N2O4/c1-13-3-5-17(7-14(13)2)23-11-16(9-20(23)24)21(25)22-10-15-4-6-18-19(8-15)27-12-26-18/h3-8,16H,9-12H2,1-2H3,(H,22,25)/t16-/m0/s1. The van der Waals surface area contributed by atoms with E-state index in [-0.39, 0.29) is 30.9 Å². The maximum Gasteiger partial charge on any atom is 0.231 e. The van der Waals surface area contributed by atoms with Crippen LogP contribution in [0.2, 0.25) is 0 Å². The zero-order chi connectivity index (χ0) is 19.0. The summed E-state index contributed by atoms with van der Waals surface area (Å²) in [5, 5.41) is 2.93. The van der Waals surface area contributed by atoms with E-state index < -0.39 is 0 Å². The Morgan fingerprint density at radius 3 is 2.74 bits per heavy atom. The van der Waals surface area contributed by atoms with E-state index in [0.29, 0.717) is 18.8 Å². The van der Waals surface area contributed by atoms with Crippen LogP contribution in [-0.4, -0.2) is 25.2 Å². The molecular formula is C21H22N2O4. The highest BCUT2D eigenvalue weighted by Gasteiger charge is 2.35. The van der Waals surface area contributed by atoms with Crippen LogP contribution in [0.3, 0.4) is 0 Å². The molecule has 0 radical (unpaired) electrons. The van der Waals surface area contributed by atoms with Crippen LogP contribution in [-0.2, 0) is 16.1 Å². The Morgan fingerprint density at radius 1 is 1.11 bits per heavy atom. The SMILES string of the molecule is Cc1ccc(N2C[C@@H](C(=O)NCc3ccc4c(c3)OCO4)CC2=O)cc1C. The van der Waals surface area contributed by atoms with Crippen molar-refractivity contribution >= 4 is 17.5 Å². The number of benzene rings is 2. The average Bonchev–Trinajstić information content (AvgIpc) is 3.28. The molecule has 1 fully saturated rings. The quantitative estimate of drug-likeness (QED) is 0.903. The van der Waals surface area contributed by atoms with Crippen LogP contribution >= 0.6 is 0 Å². The summed E-state index contributed by atoms with van der Waals surface area (Å²) >= 11 is 0. The Balaban J connectivity index is 1.38. The minimum Gasteiger partial charge on any atom is -0.454 e. The molecule has 4 rings (SSSR count). The number of hydrogen-bond acceptors (Lipinski definition) is 4. The highest BCUT2D eigenvalue weighted by molar-refractivity contribution is 6.00. The molecule has 2 aliphatic rings. The molecule has 2 heterocycles. The third kappa shape index (κ3) is 3.47. The molecule has 6 heteroatoms. The number of nitrogens with one attached hydrogen (secondary N) is 1. The second-order valence-corrected chi connectivity index (χ2v) is 7.08. The molecule has 0 aliphatic carbocycles. The summed E-state index contributed by atoms with van der Waals surface area (Å²) in [6, 6.07) is 11.5. The summed E-state index contributed by atoms with van der Waals surface area (Å²) in [5.74, 6) is 0.955. The second-order valence-electron chi connectivity index (χ2n) is 7.08. The van der Waals surface area contributed by atoms with Gasteiger partial charge in [-0.1, -0.05) is 12.1 Å². The van der Waals surface area contributed by atoms with Crippen LogP contribution in [0.25, 0.3) is 0 Å². The van der Waals surface area contributed by atoms with Gasteiger partial charge >= 0.3 is 0 Å². The van der Waals surface area contributed by atoms with Crippen LogP contribution in [0, 0.1) is 19.8 Å². The van der Waals surface area contributed by atoms with Crippen molar-refractivity contribution in [3.05, 3.63) is 53.1 Å². The van der Waals surface area contributed by atoms with Crippen molar-refractivity contribution in [2.45, 2.75) is 26.8 Å². The van der Waals surface area contributed by atoms with Gasteiger partial charge in [0.25, 0.3) is 0 Å². The molecule has 2 aromatic rings. The molecule has 0 unspecified atom stereocenters. The van der Waals surface area contributed by atoms with Crippen molar-refractivity contribution in [1.82, 2.24) is 5.32 Å². The predicted molar refractivity (Wildman–Crippen MR) is 101 cm³/mol. The summed E-state index contributed by atoms with van der Waals surface area (Å²) in [5.41, 5.74) is 4.11. The van der Waals surface area contributed by atoms with Gasteiger partial charge in [0.05, 0.1) is 5.92 Å². The normalized spacial score (nSPS) is 18.1. The molecule has 0 saturated carbocycles. The highest BCUT2D eigenvalue weighted by Crippen LogP contribution is 2.32. The van der Waals surface area contributed by atoms with E-state index in [1.807, 2.05) is 50.2 Å². The maximum atomic E-state index is 12.5. The number of fused-ring (bicyclic) bond motifs is 1. The zero-order valence-corrected chi connectivity index (χ0v) is 15.5. The summed E-state index contributed by atoms with van der Waals surface area (Å²) in [6.07, 6.45) is 0.236. The van der Waals surface area contributed by atoms with Gasteiger partial charge in [0.1, 0.15) is 0 Å². The number of aryl methyl sites for hydroxylation is 2. The molecule has 0 bridgehead atoms. The van der Waals surface area contributed by atoms with E-state index in [1.165, 1.54) is 5.56 Å². The molecule has 2 aliphatic heterocycles. The van der Waals surface area contributed by atoms with E-state index in [0.717, 1.165) is 22.6 Å². The van der Waals surface area contributed by atoms with Crippen LogP contribution in [0.15, 0.2) is 36.4 Å². The summed E-state index contributed by atoms with van der Waals surface area (Å²) in [4.78, 5) is 26.7. The molecule has 0 spiro atoms. The first kappa shape index (κ1) is 17.4. The van der Waals surface area contributed by atoms with E-state index >= 15 is 0 Å². The van der Waals surface area contributed by atoms with Gasteiger partial charge in [0.15, 0.2) is 11.5 Å². The molecule has 1 atom stereocenters. The fraction of sp³-hybridized carbons (Fsp3) is 0.333. The Labute approximate surface area is 158 Å². The monoisotopic (exact) mass is 366 g/mol. The fourth-order valence-corrected chi connectivity index (χ4v) is 3.41. The number of amides is 2. The lowest BCUT2D eigenvalue weighted by atomic mass is 10.1. The third-order valence-corrected chi connectivity index (χ3v) is 5.20. The van der Waals surface area contributed by atoms with Crippen molar-refractivity contribution in [3.8, 4) is 11.5 Å². The number of nitrogens with zero attached hydrogens (tertiary/aromatic N) is 1. The Morgan fingerprint density at radius 2 is 1.93 bits per heavy atom. The molecule has 0 aromatic heterocycles. The topological polar surface area (TPSA) is 67.9 Å². The summed E-state index contributed by atoms with van der Waals surface area (Å²) < 4.78 is 10.6. The van der Waals surface area contributed by atoms with Crippen molar-refractivity contribution in [2.75, 3.05) is 18.2 Å². The molecule has 2 aromatic carbocycles. The Hall–Kier alpha value is -3.02. The molecular weight excluding hydrogens is 344 g/mol. The van der Waals surface area contributed by atoms with Crippen LogP contribution in [0.5, 0.6) is 11.5 Å². The number of carbonyl (C=O) groups is 2. The van der Waals surface area contributed by atoms with Crippen molar-refractivity contribution in [1.29, 1.82) is 0 Å². The Bertz CT molecular complexity index is 909. The minimum atomic E-state index is -0.340. The van der Waals surface area contributed by atoms with Gasteiger partial charge in [-0.3, -0.25) is 9.59 Å². The lowest BCUT2D eigenvalue weighted by molar-refractivity contribution is -0.126. The molecule has 6 nitrogen and oxygen atoms in total. The van der Waals surface area contributed by atoms with Gasteiger partial charge in [-0.25, -0.2) is 0 Å². The number of anilines is 1. The van der Waals surface area contributed by atoms with Crippen LogP contribution in [0.1, 0.15) is 23.1 Å². The number of carbonyl (C=O) groups excluding carboxylic acids is 2. The summed E-state index contributed by atoms with van der Waals surface area (Å²) in [7, 11) is 0. The summed E-state index contributed by atoms with van der Waals surface area (Å²) in [6.45, 7) is 5.09. The fourth-order valence-electron chi connectivity index (χ4n) is 3.41. The van der Waals surface area contributed by atoms with Gasteiger partial charge in [0, 0.05) is 25.2 Å². The number of hydrogen-bond donors (Lipinski definition) is 1. The average molecular weight is 366 g/mol. The first-order valence-corrected chi connectivity index (χ1v) is 9.05. The predicted octanol–water partition coefficient (Wildman–Crippen LogP) is 2.70.